The minimum atomic E-state index is -1.02. The van der Waals surface area contributed by atoms with Gasteiger partial charge in [-0.05, 0) is 27.7 Å². The number of aliphatic hydroxyl groups excluding tert-OH is 2. The van der Waals surface area contributed by atoms with Crippen LogP contribution in [0.1, 0.15) is 27.7 Å². The summed E-state index contributed by atoms with van der Waals surface area (Å²) >= 11 is 0. The van der Waals surface area contributed by atoms with Crippen molar-refractivity contribution in [1.29, 1.82) is 0 Å². The molecule has 0 aromatic heterocycles. The molecule has 0 amide bonds. The molecule has 5 atom stereocenters. The molecule has 0 bridgehead atoms. The van der Waals surface area contributed by atoms with E-state index in [0.29, 0.717) is 6.61 Å². The second-order valence-corrected chi connectivity index (χ2v) is 5.90. The van der Waals surface area contributed by atoms with Crippen molar-refractivity contribution in [2.45, 2.75) is 64.2 Å². The van der Waals surface area contributed by atoms with E-state index in [9.17, 15) is 5.11 Å². The van der Waals surface area contributed by atoms with Crippen molar-refractivity contribution in [3.8, 4) is 0 Å². The molecule has 2 heterocycles. The largest absolute Gasteiger partial charge is 0.394 e. The van der Waals surface area contributed by atoms with E-state index in [-0.39, 0.29) is 0 Å². The molecule has 0 aliphatic carbocycles. The van der Waals surface area contributed by atoms with Crippen LogP contribution in [0, 0.1) is 0 Å². The molecule has 2 fully saturated rings. The van der Waals surface area contributed by atoms with Crippen LogP contribution in [-0.4, -0.2) is 59.9 Å². The van der Waals surface area contributed by atoms with Gasteiger partial charge in [-0.25, -0.2) is 0 Å². The van der Waals surface area contributed by atoms with Gasteiger partial charge >= 0.3 is 0 Å². The third-order valence-electron chi connectivity index (χ3n) is 3.37. The lowest BCUT2D eigenvalue weighted by Crippen LogP contribution is -2.44. The van der Waals surface area contributed by atoms with Gasteiger partial charge in [0.15, 0.2) is 12.1 Å². The van der Waals surface area contributed by atoms with E-state index in [4.69, 9.17) is 24.1 Å². The third kappa shape index (κ3) is 3.39. The molecule has 6 nitrogen and oxygen atoms in total. The first-order chi connectivity index (χ1) is 9.34. The zero-order valence-corrected chi connectivity index (χ0v) is 12.4. The fourth-order valence-electron chi connectivity index (χ4n) is 2.43. The summed E-state index contributed by atoms with van der Waals surface area (Å²) in [4.78, 5) is 0. The first-order valence-corrected chi connectivity index (χ1v) is 6.89. The van der Waals surface area contributed by atoms with Gasteiger partial charge in [-0.3, -0.25) is 0 Å². The van der Waals surface area contributed by atoms with Gasteiger partial charge in [0, 0.05) is 0 Å². The molecule has 2 N–H and O–H groups in total. The fraction of sp³-hybridized carbons (Fsp3) is 0.857. The van der Waals surface area contributed by atoms with Crippen molar-refractivity contribution < 1.29 is 29.2 Å². The maximum Gasteiger partial charge on any atom is 0.190 e. The zero-order valence-electron chi connectivity index (χ0n) is 12.4. The molecule has 0 aromatic rings. The lowest BCUT2D eigenvalue weighted by molar-refractivity contribution is -0.230. The van der Waals surface area contributed by atoms with Gasteiger partial charge in [0.2, 0.25) is 0 Å². The third-order valence-corrected chi connectivity index (χ3v) is 3.37. The number of aliphatic hydroxyl groups is 2. The highest BCUT2D eigenvalue weighted by atomic mass is 16.8. The number of rotatable bonds is 5. The summed E-state index contributed by atoms with van der Waals surface area (Å²) in [5.74, 6) is -0.734. The van der Waals surface area contributed by atoms with E-state index in [1.165, 1.54) is 0 Å². The van der Waals surface area contributed by atoms with Crippen LogP contribution >= 0.6 is 0 Å². The highest BCUT2D eigenvalue weighted by molar-refractivity contribution is 4.98. The maximum atomic E-state index is 9.84. The lowest BCUT2D eigenvalue weighted by atomic mass is 10.1. The summed E-state index contributed by atoms with van der Waals surface area (Å²) in [7, 11) is 0. The Morgan fingerprint density at radius 2 is 2.05 bits per heavy atom. The maximum absolute atomic E-state index is 9.84. The Kier molecular flexibility index (Phi) is 4.84. The topological polar surface area (TPSA) is 77.4 Å². The molecule has 2 saturated heterocycles. The van der Waals surface area contributed by atoms with Crippen LogP contribution in [0.2, 0.25) is 0 Å². The van der Waals surface area contributed by atoms with Crippen LogP contribution in [-0.2, 0) is 18.9 Å². The van der Waals surface area contributed by atoms with Gasteiger partial charge in [-0.15, -0.1) is 0 Å². The standard InChI is InChI=1S/C14H24O6/c1-8(2)5-6-17-11-10(9(16)7-15)18-13-12(11)19-14(3,4)20-13/h5,9-13,15-16H,6-7H2,1-4H3/t9-,10+,11-,12+,13+/m0/s1. The van der Waals surface area contributed by atoms with Crippen LogP contribution in [0.15, 0.2) is 11.6 Å². The van der Waals surface area contributed by atoms with Gasteiger partial charge in [0.25, 0.3) is 0 Å². The first-order valence-electron chi connectivity index (χ1n) is 6.89. The zero-order chi connectivity index (χ0) is 14.9. The lowest BCUT2D eigenvalue weighted by Gasteiger charge is -2.27. The normalized spacial score (nSPS) is 36.7. The van der Waals surface area contributed by atoms with Crippen molar-refractivity contribution in [2.24, 2.45) is 0 Å². The smallest absolute Gasteiger partial charge is 0.190 e. The van der Waals surface area contributed by atoms with Crippen LogP contribution in [0.4, 0.5) is 0 Å². The SMILES string of the molecule is CC(C)=CCO[C@@H]1[C@H]2OC(C)(C)O[C@H]2O[C@@H]1[C@@H](O)CO. The number of hydrogen-bond acceptors (Lipinski definition) is 6. The van der Waals surface area contributed by atoms with E-state index in [0.717, 1.165) is 5.57 Å². The quantitative estimate of drug-likeness (QED) is 0.720. The highest BCUT2D eigenvalue weighted by Gasteiger charge is 2.56. The average Bonchev–Trinajstić information content (AvgIpc) is 2.81. The molecule has 0 unspecified atom stereocenters. The van der Waals surface area contributed by atoms with Crippen molar-refractivity contribution in [3.05, 3.63) is 11.6 Å². The monoisotopic (exact) mass is 288 g/mol. The Bertz CT molecular complexity index is 363. The van der Waals surface area contributed by atoms with Crippen LogP contribution in [0.25, 0.3) is 0 Å². The number of fused-ring (bicyclic) bond motifs is 1. The summed E-state index contributed by atoms with van der Waals surface area (Å²) in [5, 5.41) is 19.0. The Hall–Kier alpha value is -0.500. The second-order valence-electron chi connectivity index (χ2n) is 5.90. The molecule has 2 rings (SSSR count). The number of allylic oxidation sites excluding steroid dienone is 1. The molecule has 20 heavy (non-hydrogen) atoms. The highest BCUT2D eigenvalue weighted by Crippen LogP contribution is 2.39. The molecule has 116 valence electrons. The molecule has 0 spiro atoms. The van der Waals surface area contributed by atoms with Gasteiger partial charge in [0.1, 0.15) is 24.4 Å². The molecule has 0 aromatic carbocycles. The molecule has 6 heteroatoms. The number of ether oxygens (including phenoxy) is 4. The minimum absolute atomic E-state index is 0.393. The van der Waals surface area contributed by atoms with Gasteiger partial charge < -0.3 is 29.2 Å². The average molecular weight is 288 g/mol. The van der Waals surface area contributed by atoms with Crippen LogP contribution < -0.4 is 0 Å². The Balaban J connectivity index is 2.06. The molecular weight excluding hydrogens is 264 g/mol. The molecule has 0 radical (unpaired) electrons. The predicted octanol–water partition coefficient (Wildman–Crippen LogP) is 0.567. The summed E-state index contributed by atoms with van der Waals surface area (Å²) in [6.45, 7) is 7.58. The summed E-state index contributed by atoms with van der Waals surface area (Å²) in [6.07, 6.45) is -1.19. The molecule has 2 aliphatic heterocycles. The number of hydrogen-bond donors (Lipinski definition) is 2. The second kappa shape index (κ2) is 6.09. The molecule has 0 saturated carbocycles. The molecule has 2 aliphatic rings. The van der Waals surface area contributed by atoms with Crippen LogP contribution in [0.3, 0.4) is 0 Å². The summed E-state index contributed by atoms with van der Waals surface area (Å²) < 4.78 is 22.8. The van der Waals surface area contributed by atoms with Gasteiger partial charge in [-0.2, -0.15) is 0 Å². The van der Waals surface area contributed by atoms with Gasteiger partial charge in [0.05, 0.1) is 13.2 Å². The van der Waals surface area contributed by atoms with E-state index in [1.54, 1.807) is 13.8 Å². The van der Waals surface area contributed by atoms with Crippen molar-refractivity contribution >= 4 is 0 Å². The Morgan fingerprint density at radius 1 is 1.35 bits per heavy atom. The predicted molar refractivity (Wildman–Crippen MR) is 71.0 cm³/mol. The van der Waals surface area contributed by atoms with Crippen molar-refractivity contribution in [1.82, 2.24) is 0 Å². The minimum Gasteiger partial charge on any atom is -0.394 e. The fourth-order valence-corrected chi connectivity index (χ4v) is 2.43. The van der Waals surface area contributed by atoms with E-state index >= 15 is 0 Å². The van der Waals surface area contributed by atoms with Gasteiger partial charge in [-0.1, -0.05) is 11.6 Å². The van der Waals surface area contributed by atoms with E-state index in [1.807, 2.05) is 19.9 Å². The van der Waals surface area contributed by atoms with E-state index < -0.39 is 43.1 Å². The van der Waals surface area contributed by atoms with E-state index in [2.05, 4.69) is 0 Å². The first kappa shape index (κ1) is 15.9. The summed E-state index contributed by atoms with van der Waals surface area (Å²) in [6, 6.07) is 0. The van der Waals surface area contributed by atoms with Crippen molar-refractivity contribution in [2.75, 3.05) is 13.2 Å². The van der Waals surface area contributed by atoms with Crippen LogP contribution in [0.5, 0.6) is 0 Å². The Morgan fingerprint density at radius 3 is 2.65 bits per heavy atom. The van der Waals surface area contributed by atoms with Crippen molar-refractivity contribution in [3.63, 3.8) is 0 Å². The summed E-state index contributed by atoms with van der Waals surface area (Å²) in [5.41, 5.74) is 1.14. The Labute approximate surface area is 119 Å². The molecular formula is C14H24O6.